The first kappa shape index (κ1) is 21.9. The van der Waals surface area contributed by atoms with E-state index in [1.54, 1.807) is 0 Å². The molecule has 2 aromatic rings. The fourth-order valence-corrected chi connectivity index (χ4v) is 4.08. The fourth-order valence-electron chi connectivity index (χ4n) is 3.89. The topological polar surface area (TPSA) is 37.1 Å². The van der Waals surface area contributed by atoms with Crippen molar-refractivity contribution in [2.75, 3.05) is 44.2 Å². The number of rotatable bonds is 6. The van der Waals surface area contributed by atoms with Crippen LogP contribution in [0, 0.1) is 6.92 Å². The molecule has 2 aromatic carbocycles. The predicted octanol–water partition coefficient (Wildman–Crippen LogP) is 3.09. The molecule has 3 rings (SSSR count). The summed E-state index contributed by atoms with van der Waals surface area (Å²) in [4.78, 5) is 3.78. The van der Waals surface area contributed by atoms with Gasteiger partial charge in [0, 0.05) is 10.7 Å². The Balaban J connectivity index is 1.49. The van der Waals surface area contributed by atoms with Crippen molar-refractivity contribution < 1.29 is 14.7 Å². The summed E-state index contributed by atoms with van der Waals surface area (Å²) in [6.07, 6.45) is -0.475. The number of ether oxygens (including phenoxy) is 1. The van der Waals surface area contributed by atoms with Gasteiger partial charge in [0.2, 0.25) is 0 Å². The van der Waals surface area contributed by atoms with E-state index in [1.165, 1.54) is 21.7 Å². The van der Waals surface area contributed by atoms with Gasteiger partial charge in [0.1, 0.15) is 25.0 Å². The first-order valence-electron chi connectivity index (χ1n) is 10.5. The number of piperazine rings is 1. The number of nitrogens with one attached hydrogen (secondary N) is 1. The van der Waals surface area contributed by atoms with E-state index >= 15 is 0 Å². The summed E-state index contributed by atoms with van der Waals surface area (Å²) in [5, 5.41) is 11.3. The summed E-state index contributed by atoms with van der Waals surface area (Å²) in [5.74, 6) is 0.878. The van der Waals surface area contributed by atoms with Gasteiger partial charge in [-0.05, 0) is 42.2 Å². The average Bonchev–Trinajstić information content (AvgIpc) is 2.67. The Bertz CT molecular complexity index is 811. The molecule has 0 radical (unpaired) electrons. The number of nitrogens with zero attached hydrogens (tertiary/aromatic N) is 1. The number of halogens is 1. The van der Waals surface area contributed by atoms with Crippen molar-refractivity contribution in [3.8, 4) is 5.75 Å². The second-order valence-corrected chi connectivity index (χ2v) is 9.57. The smallest absolute Gasteiger partial charge is 0.137 e. The molecule has 2 N–H and O–H groups in total. The normalized spacial score (nSPS) is 16.7. The maximum atomic E-state index is 10.6. The molecule has 1 aliphatic rings. The molecule has 158 valence electrons. The van der Waals surface area contributed by atoms with Crippen molar-refractivity contribution in [2.24, 2.45) is 0 Å². The Hall–Kier alpha value is -1.75. The zero-order valence-corrected chi connectivity index (χ0v) is 18.8. The standard InChI is InChI=1S/C24H33ClN2O2/c1-18-8-9-23(22(14-18)24(2,3)4)29-17-21(28)16-26-10-12-27(13-11-26)20-7-5-6-19(25)15-20/h5-9,14-15,21,28H,10-13,16-17H2,1-4H3/p+1/t21-/m0/s1. The minimum absolute atomic E-state index is 0.00815. The van der Waals surface area contributed by atoms with E-state index in [1.807, 2.05) is 24.3 Å². The molecule has 0 bridgehead atoms. The number of aliphatic hydroxyl groups is 1. The van der Waals surface area contributed by atoms with Gasteiger partial charge in [-0.1, -0.05) is 56.1 Å². The van der Waals surface area contributed by atoms with Crippen LogP contribution in [0.2, 0.25) is 5.02 Å². The summed E-state index contributed by atoms with van der Waals surface area (Å²) in [5.41, 5.74) is 3.60. The van der Waals surface area contributed by atoms with Gasteiger partial charge in [-0.2, -0.15) is 0 Å². The summed E-state index contributed by atoms with van der Waals surface area (Å²) in [6, 6.07) is 14.3. The second-order valence-electron chi connectivity index (χ2n) is 9.14. The van der Waals surface area contributed by atoms with Gasteiger partial charge in [0.25, 0.3) is 0 Å². The van der Waals surface area contributed by atoms with Crippen LogP contribution in [-0.2, 0) is 5.41 Å². The van der Waals surface area contributed by atoms with Crippen molar-refractivity contribution in [3.63, 3.8) is 0 Å². The van der Waals surface area contributed by atoms with Gasteiger partial charge in [-0.3, -0.25) is 0 Å². The molecule has 1 aliphatic heterocycles. The SMILES string of the molecule is Cc1ccc(OC[C@@H](O)C[NH+]2CCN(c3cccc(Cl)c3)CC2)c(C(C)(C)C)c1. The molecule has 29 heavy (non-hydrogen) atoms. The van der Waals surface area contributed by atoms with Crippen LogP contribution in [0.3, 0.4) is 0 Å². The van der Waals surface area contributed by atoms with Gasteiger partial charge in [-0.25, -0.2) is 0 Å². The third-order valence-electron chi connectivity index (χ3n) is 5.54. The lowest BCUT2D eigenvalue weighted by molar-refractivity contribution is -0.903. The Morgan fingerprint density at radius 2 is 1.86 bits per heavy atom. The van der Waals surface area contributed by atoms with Crippen LogP contribution in [0.5, 0.6) is 5.75 Å². The lowest BCUT2D eigenvalue weighted by Crippen LogP contribution is -3.16. The minimum Gasteiger partial charge on any atom is -0.490 e. The summed E-state index contributed by atoms with van der Waals surface area (Å²) in [6.45, 7) is 13.6. The van der Waals surface area contributed by atoms with Crippen molar-refractivity contribution >= 4 is 17.3 Å². The Morgan fingerprint density at radius 1 is 1.14 bits per heavy atom. The van der Waals surface area contributed by atoms with Crippen LogP contribution >= 0.6 is 11.6 Å². The molecule has 1 fully saturated rings. The van der Waals surface area contributed by atoms with E-state index in [4.69, 9.17) is 16.3 Å². The predicted molar refractivity (Wildman–Crippen MR) is 121 cm³/mol. The van der Waals surface area contributed by atoms with Crippen molar-refractivity contribution in [2.45, 2.75) is 39.2 Å². The van der Waals surface area contributed by atoms with E-state index in [-0.39, 0.29) is 5.41 Å². The molecule has 1 heterocycles. The maximum Gasteiger partial charge on any atom is 0.137 e. The van der Waals surface area contributed by atoms with Crippen LogP contribution in [0.4, 0.5) is 5.69 Å². The average molecular weight is 418 g/mol. The first-order valence-corrected chi connectivity index (χ1v) is 10.9. The van der Waals surface area contributed by atoms with Crippen LogP contribution in [-0.4, -0.2) is 50.5 Å². The van der Waals surface area contributed by atoms with E-state index in [9.17, 15) is 5.11 Å². The molecule has 0 saturated carbocycles. The van der Waals surface area contributed by atoms with E-state index in [0.717, 1.165) is 37.0 Å². The molecule has 5 heteroatoms. The molecule has 0 amide bonds. The molecular weight excluding hydrogens is 384 g/mol. The van der Waals surface area contributed by atoms with Gasteiger partial charge < -0.3 is 19.6 Å². The van der Waals surface area contributed by atoms with Crippen LogP contribution in [0.25, 0.3) is 0 Å². The molecule has 1 atom stereocenters. The lowest BCUT2D eigenvalue weighted by atomic mass is 9.85. The highest BCUT2D eigenvalue weighted by atomic mass is 35.5. The van der Waals surface area contributed by atoms with Crippen LogP contribution < -0.4 is 14.5 Å². The number of aliphatic hydroxyl groups excluding tert-OH is 1. The summed E-state index contributed by atoms with van der Waals surface area (Å²) in [7, 11) is 0. The second kappa shape index (κ2) is 9.38. The van der Waals surface area contributed by atoms with E-state index < -0.39 is 6.10 Å². The van der Waals surface area contributed by atoms with Crippen molar-refractivity contribution in [1.82, 2.24) is 0 Å². The monoisotopic (exact) mass is 417 g/mol. The molecule has 1 saturated heterocycles. The zero-order chi connectivity index (χ0) is 21.0. The molecule has 0 unspecified atom stereocenters. The van der Waals surface area contributed by atoms with Gasteiger partial charge >= 0.3 is 0 Å². The number of hydrogen-bond acceptors (Lipinski definition) is 3. The summed E-state index contributed by atoms with van der Waals surface area (Å²) < 4.78 is 6.04. The Labute approximate surface area is 180 Å². The molecule has 4 nitrogen and oxygen atoms in total. The van der Waals surface area contributed by atoms with Crippen LogP contribution in [0.1, 0.15) is 31.9 Å². The Morgan fingerprint density at radius 3 is 2.52 bits per heavy atom. The molecular formula is C24H34ClN2O2+. The number of benzene rings is 2. The van der Waals surface area contributed by atoms with Crippen molar-refractivity contribution in [1.29, 1.82) is 0 Å². The van der Waals surface area contributed by atoms with Crippen molar-refractivity contribution in [3.05, 3.63) is 58.6 Å². The highest BCUT2D eigenvalue weighted by Crippen LogP contribution is 2.32. The summed E-state index contributed by atoms with van der Waals surface area (Å²) >= 11 is 6.12. The lowest BCUT2D eigenvalue weighted by Gasteiger charge is -2.34. The number of aryl methyl sites for hydroxylation is 1. The largest absolute Gasteiger partial charge is 0.490 e. The first-order chi connectivity index (χ1) is 13.7. The number of quaternary nitrogens is 1. The van der Waals surface area contributed by atoms with Crippen LogP contribution in [0.15, 0.2) is 42.5 Å². The maximum absolute atomic E-state index is 10.6. The highest BCUT2D eigenvalue weighted by Gasteiger charge is 2.24. The third kappa shape index (κ3) is 6.11. The Kier molecular flexibility index (Phi) is 7.10. The highest BCUT2D eigenvalue weighted by molar-refractivity contribution is 6.30. The van der Waals surface area contributed by atoms with Gasteiger partial charge in [0.15, 0.2) is 0 Å². The quantitative estimate of drug-likeness (QED) is 0.758. The fraction of sp³-hybridized carbons (Fsp3) is 0.500. The molecule has 0 aromatic heterocycles. The van der Waals surface area contributed by atoms with E-state index in [0.29, 0.717) is 13.2 Å². The van der Waals surface area contributed by atoms with Gasteiger partial charge in [0.05, 0.1) is 26.2 Å². The molecule has 0 aliphatic carbocycles. The minimum atomic E-state index is -0.475. The third-order valence-corrected chi connectivity index (χ3v) is 5.78. The van der Waals surface area contributed by atoms with E-state index in [2.05, 4.69) is 50.8 Å². The van der Waals surface area contributed by atoms with Gasteiger partial charge in [-0.15, -0.1) is 0 Å². The number of anilines is 1. The zero-order valence-electron chi connectivity index (χ0n) is 18.0. The number of hydrogen-bond donors (Lipinski definition) is 2. The molecule has 0 spiro atoms.